The van der Waals surface area contributed by atoms with E-state index >= 15 is 0 Å². The fraction of sp³-hybridized carbons (Fsp3) is 0.227. The van der Waals surface area contributed by atoms with Crippen LogP contribution in [-0.2, 0) is 4.79 Å². The van der Waals surface area contributed by atoms with Crippen molar-refractivity contribution < 1.29 is 9.59 Å². The molecule has 0 spiro atoms. The van der Waals surface area contributed by atoms with E-state index in [2.05, 4.69) is 15.2 Å². The summed E-state index contributed by atoms with van der Waals surface area (Å²) in [5, 5.41) is 3.75. The molecule has 0 saturated carbocycles. The molecule has 29 heavy (non-hydrogen) atoms. The van der Waals surface area contributed by atoms with Gasteiger partial charge in [-0.05, 0) is 37.1 Å². The van der Waals surface area contributed by atoms with Crippen molar-refractivity contribution in [2.45, 2.75) is 12.8 Å². The standard InChI is InChI=1S/C22H22N4O2S/c23-20(27)15-10-12-26(13-11-15)18-8-6-17(7-9-18)25-21(28)19-14-24-22(29-19)16-4-2-1-3-5-16/h1-9,14-15H,10-13H2,(H2,23,27)(H,25,28). The number of aromatic nitrogens is 1. The summed E-state index contributed by atoms with van der Waals surface area (Å²) < 4.78 is 0. The Bertz CT molecular complexity index is 993. The lowest BCUT2D eigenvalue weighted by molar-refractivity contribution is -0.122. The van der Waals surface area contributed by atoms with Crippen LogP contribution in [0.3, 0.4) is 0 Å². The number of hydrogen-bond donors (Lipinski definition) is 2. The first kappa shape index (κ1) is 19.1. The number of nitrogens with one attached hydrogen (secondary N) is 1. The number of primary amides is 1. The third-order valence-electron chi connectivity index (χ3n) is 5.14. The summed E-state index contributed by atoms with van der Waals surface area (Å²) in [5.74, 6) is -0.397. The Morgan fingerprint density at radius 3 is 2.38 bits per heavy atom. The van der Waals surface area contributed by atoms with Crippen LogP contribution >= 0.6 is 11.3 Å². The zero-order valence-corrected chi connectivity index (χ0v) is 16.7. The molecule has 7 heteroatoms. The first-order chi connectivity index (χ1) is 14.1. The Labute approximate surface area is 173 Å². The van der Waals surface area contributed by atoms with Gasteiger partial charge < -0.3 is 16.0 Å². The van der Waals surface area contributed by atoms with E-state index in [0.717, 1.165) is 47.9 Å². The zero-order valence-electron chi connectivity index (χ0n) is 15.9. The minimum Gasteiger partial charge on any atom is -0.371 e. The fourth-order valence-electron chi connectivity index (χ4n) is 3.46. The monoisotopic (exact) mass is 406 g/mol. The molecule has 2 heterocycles. The maximum atomic E-state index is 12.6. The van der Waals surface area contributed by atoms with E-state index in [0.29, 0.717) is 4.88 Å². The summed E-state index contributed by atoms with van der Waals surface area (Å²) in [5.41, 5.74) is 8.21. The van der Waals surface area contributed by atoms with Gasteiger partial charge in [0, 0.05) is 35.9 Å². The van der Waals surface area contributed by atoms with Gasteiger partial charge in [0.25, 0.3) is 5.91 Å². The van der Waals surface area contributed by atoms with Crippen LogP contribution in [0.25, 0.3) is 10.6 Å². The molecule has 0 atom stereocenters. The van der Waals surface area contributed by atoms with Gasteiger partial charge in [-0.15, -0.1) is 11.3 Å². The van der Waals surface area contributed by atoms with Gasteiger partial charge in [-0.1, -0.05) is 30.3 Å². The number of piperidine rings is 1. The van der Waals surface area contributed by atoms with Gasteiger partial charge in [0.1, 0.15) is 9.88 Å². The molecule has 4 rings (SSSR count). The lowest BCUT2D eigenvalue weighted by atomic mass is 9.96. The lowest BCUT2D eigenvalue weighted by Crippen LogP contribution is -2.38. The molecule has 0 bridgehead atoms. The smallest absolute Gasteiger partial charge is 0.267 e. The predicted octanol–water partition coefficient (Wildman–Crippen LogP) is 3.76. The van der Waals surface area contributed by atoms with Crippen molar-refractivity contribution in [3.05, 3.63) is 65.7 Å². The first-order valence-electron chi connectivity index (χ1n) is 9.57. The minimum absolute atomic E-state index is 0.0232. The Kier molecular flexibility index (Phi) is 5.57. The SMILES string of the molecule is NC(=O)C1CCN(c2ccc(NC(=O)c3cnc(-c4ccccc4)s3)cc2)CC1. The summed E-state index contributed by atoms with van der Waals surface area (Å²) in [7, 11) is 0. The van der Waals surface area contributed by atoms with E-state index in [-0.39, 0.29) is 17.7 Å². The normalized spacial score (nSPS) is 14.6. The van der Waals surface area contributed by atoms with Crippen molar-refractivity contribution >= 4 is 34.5 Å². The van der Waals surface area contributed by atoms with Crippen LogP contribution in [0.5, 0.6) is 0 Å². The number of rotatable bonds is 5. The molecule has 3 N–H and O–H groups in total. The number of hydrogen-bond acceptors (Lipinski definition) is 5. The molecule has 3 aromatic rings. The predicted molar refractivity (Wildman–Crippen MR) is 116 cm³/mol. The van der Waals surface area contributed by atoms with Gasteiger partial charge >= 0.3 is 0 Å². The van der Waals surface area contributed by atoms with Gasteiger partial charge in [0.15, 0.2) is 0 Å². The number of nitrogens with zero attached hydrogens (tertiary/aromatic N) is 2. The molecule has 1 aliphatic rings. The van der Waals surface area contributed by atoms with Crippen LogP contribution in [-0.4, -0.2) is 29.9 Å². The first-order valence-corrected chi connectivity index (χ1v) is 10.4. The van der Waals surface area contributed by atoms with Crippen LogP contribution in [0, 0.1) is 5.92 Å². The van der Waals surface area contributed by atoms with Crippen LogP contribution in [0.15, 0.2) is 60.8 Å². The Morgan fingerprint density at radius 2 is 1.72 bits per heavy atom. The Morgan fingerprint density at radius 1 is 1.03 bits per heavy atom. The fourth-order valence-corrected chi connectivity index (χ4v) is 4.28. The van der Waals surface area contributed by atoms with Gasteiger partial charge in [-0.2, -0.15) is 0 Å². The summed E-state index contributed by atoms with van der Waals surface area (Å²) >= 11 is 1.37. The van der Waals surface area contributed by atoms with E-state index in [9.17, 15) is 9.59 Å². The highest BCUT2D eigenvalue weighted by atomic mass is 32.1. The average Bonchev–Trinajstić information content (AvgIpc) is 3.26. The molecule has 2 amide bonds. The number of benzene rings is 2. The maximum Gasteiger partial charge on any atom is 0.267 e. The Balaban J connectivity index is 1.37. The molecule has 148 valence electrons. The molecule has 1 fully saturated rings. The van der Waals surface area contributed by atoms with E-state index in [1.54, 1.807) is 6.20 Å². The largest absolute Gasteiger partial charge is 0.371 e. The van der Waals surface area contributed by atoms with Crippen molar-refractivity contribution in [2.75, 3.05) is 23.3 Å². The summed E-state index contributed by atoms with van der Waals surface area (Å²) in [6, 6.07) is 17.6. The Hall–Kier alpha value is -3.19. The van der Waals surface area contributed by atoms with Crippen molar-refractivity contribution in [1.29, 1.82) is 0 Å². The third kappa shape index (κ3) is 4.46. The third-order valence-corrected chi connectivity index (χ3v) is 6.18. The second kappa shape index (κ2) is 8.45. The van der Waals surface area contributed by atoms with Crippen LogP contribution in [0.4, 0.5) is 11.4 Å². The van der Waals surface area contributed by atoms with E-state index < -0.39 is 0 Å². The molecule has 0 aliphatic carbocycles. The zero-order chi connectivity index (χ0) is 20.2. The quantitative estimate of drug-likeness (QED) is 0.675. The van der Waals surface area contributed by atoms with Gasteiger partial charge in [-0.3, -0.25) is 9.59 Å². The number of nitrogens with two attached hydrogens (primary N) is 1. The highest BCUT2D eigenvalue weighted by molar-refractivity contribution is 7.17. The highest BCUT2D eigenvalue weighted by Crippen LogP contribution is 2.27. The second-order valence-corrected chi connectivity index (χ2v) is 8.09. The molecule has 2 aromatic carbocycles. The van der Waals surface area contributed by atoms with E-state index in [1.165, 1.54) is 11.3 Å². The maximum absolute atomic E-state index is 12.6. The number of amides is 2. The molecular formula is C22H22N4O2S. The number of thiazole rings is 1. The molecule has 6 nitrogen and oxygen atoms in total. The van der Waals surface area contributed by atoms with E-state index in [1.807, 2.05) is 54.6 Å². The molecule has 0 unspecified atom stereocenters. The number of carbonyl (C=O) groups excluding carboxylic acids is 2. The van der Waals surface area contributed by atoms with E-state index in [4.69, 9.17) is 5.73 Å². The van der Waals surface area contributed by atoms with Gasteiger partial charge in [0.2, 0.25) is 5.91 Å². The minimum atomic E-state index is -0.207. The lowest BCUT2D eigenvalue weighted by Gasteiger charge is -2.32. The molecular weight excluding hydrogens is 384 g/mol. The number of carbonyl (C=O) groups is 2. The molecule has 1 aliphatic heterocycles. The molecule has 0 radical (unpaired) electrons. The van der Waals surface area contributed by atoms with Crippen LogP contribution in [0.1, 0.15) is 22.5 Å². The number of anilines is 2. The van der Waals surface area contributed by atoms with Crippen molar-refractivity contribution in [3.63, 3.8) is 0 Å². The average molecular weight is 407 g/mol. The van der Waals surface area contributed by atoms with Crippen molar-refractivity contribution in [1.82, 2.24) is 4.98 Å². The van der Waals surface area contributed by atoms with Crippen LogP contribution < -0.4 is 16.0 Å². The van der Waals surface area contributed by atoms with Crippen molar-refractivity contribution in [3.8, 4) is 10.6 Å². The second-order valence-electron chi connectivity index (χ2n) is 7.06. The van der Waals surface area contributed by atoms with Gasteiger partial charge in [0.05, 0.1) is 6.20 Å². The molecule has 1 aromatic heterocycles. The van der Waals surface area contributed by atoms with Crippen molar-refractivity contribution in [2.24, 2.45) is 11.7 Å². The van der Waals surface area contributed by atoms with Gasteiger partial charge in [-0.25, -0.2) is 4.98 Å². The van der Waals surface area contributed by atoms with Crippen LogP contribution in [0.2, 0.25) is 0 Å². The molecule has 1 saturated heterocycles. The summed E-state index contributed by atoms with van der Waals surface area (Å²) in [6.07, 6.45) is 3.17. The topological polar surface area (TPSA) is 88.3 Å². The summed E-state index contributed by atoms with van der Waals surface area (Å²) in [4.78, 5) is 31.0. The summed E-state index contributed by atoms with van der Waals surface area (Å²) in [6.45, 7) is 1.62. The highest BCUT2D eigenvalue weighted by Gasteiger charge is 2.23.